The minimum atomic E-state index is -1.16. The van der Waals surface area contributed by atoms with Crippen molar-refractivity contribution in [2.45, 2.75) is 69.1 Å². The Morgan fingerprint density at radius 3 is 2.58 bits per heavy atom. The van der Waals surface area contributed by atoms with E-state index in [1.807, 2.05) is 24.3 Å². The Kier molecular flexibility index (Phi) is 8.62. The second-order valence-corrected chi connectivity index (χ2v) is 9.87. The third-order valence-electron chi connectivity index (χ3n) is 7.22. The number of aromatic nitrogens is 1. The molecule has 1 aromatic carbocycles. The van der Waals surface area contributed by atoms with Crippen molar-refractivity contribution >= 4 is 40.5 Å². The largest absolute Gasteiger partial charge is 0.480 e. The number of fused-ring (bicyclic) bond motifs is 1. The zero-order chi connectivity index (χ0) is 27.2. The third kappa shape index (κ3) is 6.31. The Bertz CT molecular complexity index is 1210. The van der Waals surface area contributed by atoms with Crippen molar-refractivity contribution in [1.29, 1.82) is 0 Å². The standard InChI is InChI=1S/C26H34N6O6/c27-22(33)10-9-19(25(36)32-12-4-8-21(32)26(37)38)30-24(35)20(31-23(34)18-7-3-11-28-18)13-15-14-29-17-6-2-1-5-16(15)17/h1-2,5-6,14,18-21,28-29H,3-4,7-13H2,(H2,27,33)(H,30,35)(H,31,34)(H,37,38). The van der Waals surface area contributed by atoms with E-state index < -0.39 is 47.9 Å². The minimum Gasteiger partial charge on any atom is -0.480 e. The molecule has 4 unspecified atom stereocenters. The number of nitrogens with zero attached hydrogens (tertiary/aromatic N) is 1. The molecule has 0 spiro atoms. The number of likely N-dealkylation sites (tertiary alicyclic amines) is 1. The van der Waals surface area contributed by atoms with E-state index in [0.29, 0.717) is 25.8 Å². The van der Waals surface area contributed by atoms with Gasteiger partial charge in [0.15, 0.2) is 0 Å². The fourth-order valence-electron chi connectivity index (χ4n) is 5.21. The lowest BCUT2D eigenvalue weighted by molar-refractivity contribution is -0.149. The molecule has 2 saturated heterocycles. The van der Waals surface area contributed by atoms with Crippen LogP contribution in [-0.2, 0) is 30.4 Å². The molecule has 0 radical (unpaired) electrons. The van der Waals surface area contributed by atoms with Crippen molar-refractivity contribution < 1.29 is 29.1 Å². The molecule has 2 aliphatic heterocycles. The van der Waals surface area contributed by atoms with Gasteiger partial charge in [0.1, 0.15) is 18.1 Å². The molecule has 3 heterocycles. The summed E-state index contributed by atoms with van der Waals surface area (Å²) < 4.78 is 0. The first kappa shape index (κ1) is 27.1. The number of hydrogen-bond donors (Lipinski definition) is 6. The maximum absolute atomic E-state index is 13.6. The Hall–Kier alpha value is -3.93. The van der Waals surface area contributed by atoms with Gasteiger partial charge in [-0.1, -0.05) is 18.2 Å². The highest BCUT2D eigenvalue weighted by molar-refractivity contribution is 5.95. The van der Waals surface area contributed by atoms with Crippen LogP contribution in [0.2, 0.25) is 0 Å². The second-order valence-electron chi connectivity index (χ2n) is 9.87. The fourth-order valence-corrected chi connectivity index (χ4v) is 5.21. The van der Waals surface area contributed by atoms with Crippen LogP contribution in [0.4, 0.5) is 0 Å². The van der Waals surface area contributed by atoms with E-state index in [-0.39, 0.29) is 31.7 Å². The summed E-state index contributed by atoms with van der Waals surface area (Å²) >= 11 is 0. The molecule has 204 valence electrons. The molecule has 4 amide bonds. The van der Waals surface area contributed by atoms with E-state index in [1.165, 1.54) is 4.90 Å². The highest BCUT2D eigenvalue weighted by Gasteiger charge is 2.38. The molecule has 38 heavy (non-hydrogen) atoms. The van der Waals surface area contributed by atoms with Gasteiger partial charge in [0.2, 0.25) is 23.6 Å². The van der Waals surface area contributed by atoms with Gasteiger partial charge >= 0.3 is 5.97 Å². The number of H-pyrrole nitrogens is 1. The molecule has 7 N–H and O–H groups in total. The summed E-state index contributed by atoms with van der Waals surface area (Å²) in [6, 6.07) is 3.99. The van der Waals surface area contributed by atoms with Crippen molar-refractivity contribution in [3.8, 4) is 0 Å². The molecule has 4 atom stereocenters. The zero-order valence-corrected chi connectivity index (χ0v) is 21.1. The Labute approximate surface area is 219 Å². The minimum absolute atomic E-state index is 0.0827. The molecule has 2 aromatic rings. The normalized spacial score (nSPS) is 20.7. The van der Waals surface area contributed by atoms with Crippen molar-refractivity contribution in [3.63, 3.8) is 0 Å². The van der Waals surface area contributed by atoms with Gasteiger partial charge in [0.25, 0.3) is 0 Å². The van der Waals surface area contributed by atoms with Gasteiger partial charge in [0.05, 0.1) is 6.04 Å². The van der Waals surface area contributed by atoms with Crippen molar-refractivity contribution in [2.75, 3.05) is 13.1 Å². The Morgan fingerprint density at radius 2 is 1.87 bits per heavy atom. The van der Waals surface area contributed by atoms with Crippen LogP contribution in [0.15, 0.2) is 30.5 Å². The number of amides is 4. The lowest BCUT2D eigenvalue weighted by atomic mass is 10.0. The first-order chi connectivity index (χ1) is 18.2. The summed E-state index contributed by atoms with van der Waals surface area (Å²) in [6.07, 6.45) is 4.02. The maximum atomic E-state index is 13.6. The molecule has 0 saturated carbocycles. The number of carbonyl (C=O) groups excluding carboxylic acids is 4. The summed E-state index contributed by atoms with van der Waals surface area (Å²) in [5.41, 5.74) is 7.00. The highest BCUT2D eigenvalue weighted by atomic mass is 16.4. The number of carboxylic acids is 1. The third-order valence-corrected chi connectivity index (χ3v) is 7.22. The zero-order valence-electron chi connectivity index (χ0n) is 21.1. The van der Waals surface area contributed by atoms with Gasteiger partial charge in [-0.05, 0) is 50.3 Å². The van der Waals surface area contributed by atoms with E-state index in [1.54, 1.807) is 6.20 Å². The van der Waals surface area contributed by atoms with Crippen LogP contribution in [0.1, 0.15) is 44.1 Å². The quantitative estimate of drug-likeness (QED) is 0.233. The summed E-state index contributed by atoms with van der Waals surface area (Å²) in [6.45, 7) is 0.948. The van der Waals surface area contributed by atoms with Crippen LogP contribution in [-0.4, -0.2) is 81.8 Å². The fraction of sp³-hybridized carbons (Fsp3) is 0.500. The molecule has 2 fully saturated rings. The first-order valence-electron chi connectivity index (χ1n) is 13.0. The molecular formula is C26H34N6O6. The number of nitrogens with two attached hydrogens (primary N) is 1. The van der Waals surface area contributed by atoms with Crippen LogP contribution >= 0.6 is 0 Å². The van der Waals surface area contributed by atoms with E-state index >= 15 is 0 Å². The first-order valence-corrected chi connectivity index (χ1v) is 13.0. The summed E-state index contributed by atoms with van der Waals surface area (Å²) in [4.78, 5) is 67.4. The van der Waals surface area contributed by atoms with E-state index in [2.05, 4.69) is 20.9 Å². The monoisotopic (exact) mass is 526 g/mol. The van der Waals surface area contributed by atoms with Gasteiger partial charge < -0.3 is 36.7 Å². The topological polar surface area (TPSA) is 187 Å². The summed E-state index contributed by atoms with van der Waals surface area (Å²) in [7, 11) is 0. The number of carboxylic acid groups (broad SMARTS) is 1. The van der Waals surface area contributed by atoms with Crippen molar-refractivity contribution in [1.82, 2.24) is 25.8 Å². The molecule has 12 heteroatoms. The lowest BCUT2D eigenvalue weighted by Crippen LogP contribution is -2.57. The molecule has 0 bridgehead atoms. The number of benzene rings is 1. The smallest absolute Gasteiger partial charge is 0.326 e. The molecule has 1 aromatic heterocycles. The molecule has 0 aliphatic carbocycles. The predicted molar refractivity (Wildman–Crippen MR) is 138 cm³/mol. The van der Waals surface area contributed by atoms with Crippen LogP contribution in [0, 0.1) is 0 Å². The van der Waals surface area contributed by atoms with Crippen LogP contribution in [0.5, 0.6) is 0 Å². The SMILES string of the molecule is NC(=O)CCC(NC(=O)C(Cc1c[nH]c2ccccc12)NC(=O)C1CCCN1)C(=O)N1CCCC1C(=O)O. The van der Waals surface area contributed by atoms with Crippen LogP contribution in [0.3, 0.4) is 0 Å². The number of nitrogens with one attached hydrogen (secondary N) is 4. The summed E-state index contributed by atoms with van der Waals surface area (Å²) in [5, 5.41) is 19.1. The number of rotatable bonds is 11. The van der Waals surface area contributed by atoms with Crippen LogP contribution in [0.25, 0.3) is 10.9 Å². The van der Waals surface area contributed by atoms with Crippen molar-refractivity contribution in [2.24, 2.45) is 5.73 Å². The molecule has 12 nitrogen and oxygen atoms in total. The lowest BCUT2D eigenvalue weighted by Gasteiger charge is -2.29. The average Bonchev–Trinajstić information content (AvgIpc) is 3.66. The van der Waals surface area contributed by atoms with Gasteiger partial charge in [0, 0.05) is 36.5 Å². The molecule has 4 rings (SSSR count). The highest BCUT2D eigenvalue weighted by Crippen LogP contribution is 2.21. The second kappa shape index (κ2) is 12.1. The van der Waals surface area contributed by atoms with E-state index in [0.717, 1.165) is 22.9 Å². The van der Waals surface area contributed by atoms with Gasteiger partial charge in [-0.3, -0.25) is 19.2 Å². The Balaban J connectivity index is 1.56. The van der Waals surface area contributed by atoms with Gasteiger partial charge in [-0.25, -0.2) is 4.79 Å². The molecular weight excluding hydrogens is 492 g/mol. The van der Waals surface area contributed by atoms with Crippen molar-refractivity contribution in [3.05, 3.63) is 36.0 Å². The number of aliphatic carboxylic acids is 1. The maximum Gasteiger partial charge on any atom is 0.326 e. The Morgan fingerprint density at radius 1 is 1.08 bits per heavy atom. The number of hydrogen-bond acceptors (Lipinski definition) is 6. The van der Waals surface area contributed by atoms with E-state index in [9.17, 15) is 29.1 Å². The van der Waals surface area contributed by atoms with E-state index in [4.69, 9.17) is 5.73 Å². The number of para-hydroxylation sites is 1. The predicted octanol–water partition coefficient (Wildman–Crippen LogP) is -0.227. The summed E-state index contributed by atoms with van der Waals surface area (Å²) in [5.74, 6) is -3.27. The number of aromatic amines is 1. The number of carbonyl (C=O) groups is 5. The van der Waals surface area contributed by atoms with Gasteiger partial charge in [-0.15, -0.1) is 0 Å². The average molecular weight is 527 g/mol. The molecule has 2 aliphatic rings. The number of primary amides is 1. The van der Waals surface area contributed by atoms with Gasteiger partial charge in [-0.2, -0.15) is 0 Å². The van der Waals surface area contributed by atoms with Crippen LogP contribution < -0.4 is 21.7 Å².